The molecule has 2 rings (SSSR count). The SMILES string of the molecule is Cc1[nH]c(C(=O)NC2CCCCCC2)c(C)c1C(C)O. The van der Waals surface area contributed by atoms with Gasteiger partial charge in [0.1, 0.15) is 5.69 Å². The summed E-state index contributed by atoms with van der Waals surface area (Å²) in [5.41, 5.74) is 3.19. The predicted octanol–water partition coefficient (Wildman–Crippen LogP) is 3.14. The van der Waals surface area contributed by atoms with E-state index < -0.39 is 6.10 Å². The molecule has 0 bridgehead atoms. The maximum absolute atomic E-state index is 12.4. The van der Waals surface area contributed by atoms with E-state index in [4.69, 9.17) is 0 Å². The first-order valence-corrected chi connectivity index (χ1v) is 7.68. The lowest BCUT2D eigenvalue weighted by Gasteiger charge is -2.16. The second-order valence-electron chi connectivity index (χ2n) is 6.00. The highest BCUT2D eigenvalue weighted by Gasteiger charge is 2.22. The van der Waals surface area contributed by atoms with Crippen LogP contribution in [0.4, 0.5) is 0 Å². The average Bonchev–Trinajstić information content (AvgIpc) is 2.55. The van der Waals surface area contributed by atoms with Crippen molar-refractivity contribution in [3.05, 3.63) is 22.5 Å². The number of nitrogens with one attached hydrogen (secondary N) is 2. The van der Waals surface area contributed by atoms with Gasteiger partial charge in [-0.25, -0.2) is 0 Å². The Kier molecular flexibility index (Phi) is 4.86. The van der Waals surface area contributed by atoms with Gasteiger partial charge in [-0.2, -0.15) is 0 Å². The number of H-pyrrole nitrogens is 1. The summed E-state index contributed by atoms with van der Waals surface area (Å²) in [5.74, 6) is -0.0376. The van der Waals surface area contributed by atoms with Crippen LogP contribution in [0.25, 0.3) is 0 Å². The average molecular weight is 278 g/mol. The molecule has 1 unspecified atom stereocenters. The molecule has 0 saturated heterocycles. The van der Waals surface area contributed by atoms with Gasteiger partial charge < -0.3 is 15.4 Å². The Hall–Kier alpha value is -1.29. The molecule has 0 aromatic carbocycles. The second-order valence-corrected chi connectivity index (χ2v) is 6.00. The third-order valence-electron chi connectivity index (χ3n) is 4.33. The summed E-state index contributed by atoms with van der Waals surface area (Å²) in [5, 5.41) is 12.9. The van der Waals surface area contributed by atoms with E-state index in [-0.39, 0.29) is 5.91 Å². The minimum atomic E-state index is -0.550. The molecule has 4 heteroatoms. The van der Waals surface area contributed by atoms with Crippen molar-refractivity contribution in [2.75, 3.05) is 0 Å². The fourth-order valence-electron chi connectivity index (χ4n) is 3.30. The molecule has 1 saturated carbocycles. The Bertz CT molecular complexity index is 469. The molecular formula is C16H26N2O2. The topological polar surface area (TPSA) is 65.1 Å². The molecule has 3 N–H and O–H groups in total. The molecule has 1 heterocycles. The fraction of sp³-hybridized carbons (Fsp3) is 0.688. The van der Waals surface area contributed by atoms with Crippen molar-refractivity contribution in [1.82, 2.24) is 10.3 Å². The standard InChI is InChI=1S/C16H26N2O2/c1-10-14(12(3)19)11(2)17-15(10)16(20)18-13-8-6-4-5-7-9-13/h12-13,17,19H,4-9H2,1-3H3,(H,18,20). The van der Waals surface area contributed by atoms with E-state index in [2.05, 4.69) is 10.3 Å². The fourth-order valence-corrected chi connectivity index (χ4v) is 3.30. The van der Waals surface area contributed by atoms with Gasteiger partial charge in [0, 0.05) is 17.3 Å². The van der Waals surface area contributed by atoms with Crippen LogP contribution < -0.4 is 5.32 Å². The first-order valence-electron chi connectivity index (χ1n) is 7.68. The van der Waals surface area contributed by atoms with E-state index in [1.807, 2.05) is 13.8 Å². The number of hydrogen-bond acceptors (Lipinski definition) is 2. The molecule has 0 spiro atoms. The van der Waals surface area contributed by atoms with E-state index >= 15 is 0 Å². The van der Waals surface area contributed by atoms with Crippen LogP contribution in [-0.4, -0.2) is 22.0 Å². The molecule has 112 valence electrons. The van der Waals surface area contributed by atoms with Crippen molar-refractivity contribution in [3.8, 4) is 0 Å². The number of aromatic amines is 1. The number of aryl methyl sites for hydroxylation is 1. The second kappa shape index (κ2) is 6.44. The summed E-state index contributed by atoms with van der Waals surface area (Å²) in [4.78, 5) is 15.5. The number of amides is 1. The lowest BCUT2D eigenvalue weighted by atomic mass is 10.0. The molecule has 1 aliphatic carbocycles. The van der Waals surface area contributed by atoms with Crippen LogP contribution in [0.5, 0.6) is 0 Å². The van der Waals surface area contributed by atoms with E-state index in [1.54, 1.807) is 6.92 Å². The number of aromatic nitrogens is 1. The Morgan fingerprint density at radius 1 is 1.25 bits per heavy atom. The van der Waals surface area contributed by atoms with E-state index in [0.29, 0.717) is 11.7 Å². The van der Waals surface area contributed by atoms with Gasteiger partial charge in [0.05, 0.1) is 6.10 Å². The molecule has 1 aliphatic rings. The molecule has 1 aromatic rings. The number of carbonyl (C=O) groups excluding carboxylic acids is 1. The first-order chi connectivity index (χ1) is 9.50. The van der Waals surface area contributed by atoms with Crippen LogP contribution in [0, 0.1) is 13.8 Å². The molecule has 4 nitrogen and oxygen atoms in total. The Morgan fingerprint density at radius 2 is 1.85 bits per heavy atom. The van der Waals surface area contributed by atoms with Crippen molar-refractivity contribution in [2.24, 2.45) is 0 Å². The van der Waals surface area contributed by atoms with Crippen LogP contribution in [0.2, 0.25) is 0 Å². The first kappa shape index (κ1) is 15.1. The summed E-state index contributed by atoms with van der Waals surface area (Å²) in [6, 6.07) is 0.294. The minimum absolute atomic E-state index is 0.0376. The maximum Gasteiger partial charge on any atom is 0.268 e. The third-order valence-corrected chi connectivity index (χ3v) is 4.33. The van der Waals surface area contributed by atoms with Crippen LogP contribution >= 0.6 is 0 Å². The van der Waals surface area contributed by atoms with Crippen LogP contribution in [-0.2, 0) is 0 Å². The zero-order valence-corrected chi connectivity index (χ0v) is 12.8. The van der Waals surface area contributed by atoms with Crippen LogP contribution in [0.3, 0.4) is 0 Å². The number of carbonyl (C=O) groups is 1. The number of hydrogen-bond donors (Lipinski definition) is 3. The van der Waals surface area contributed by atoms with E-state index in [0.717, 1.165) is 29.7 Å². The van der Waals surface area contributed by atoms with Crippen molar-refractivity contribution in [1.29, 1.82) is 0 Å². The normalized spacial score (nSPS) is 18.6. The minimum Gasteiger partial charge on any atom is -0.389 e. The lowest BCUT2D eigenvalue weighted by molar-refractivity contribution is 0.0928. The summed E-state index contributed by atoms with van der Waals surface area (Å²) in [6.07, 6.45) is 6.56. The summed E-state index contributed by atoms with van der Waals surface area (Å²) < 4.78 is 0. The zero-order valence-electron chi connectivity index (χ0n) is 12.8. The van der Waals surface area contributed by atoms with Crippen molar-refractivity contribution in [2.45, 2.75) is 71.4 Å². The van der Waals surface area contributed by atoms with Crippen molar-refractivity contribution < 1.29 is 9.90 Å². The molecule has 20 heavy (non-hydrogen) atoms. The Morgan fingerprint density at radius 3 is 2.35 bits per heavy atom. The zero-order chi connectivity index (χ0) is 14.7. The molecule has 0 aliphatic heterocycles. The van der Waals surface area contributed by atoms with E-state index in [1.165, 1.54) is 25.7 Å². The lowest BCUT2D eigenvalue weighted by Crippen LogP contribution is -2.35. The van der Waals surface area contributed by atoms with Gasteiger partial charge in [-0.05, 0) is 39.2 Å². The van der Waals surface area contributed by atoms with Crippen LogP contribution in [0.15, 0.2) is 0 Å². The predicted molar refractivity (Wildman–Crippen MR) is 79.9 cm³/mol. The number of aliphatic hydroxyl groups excluding tert-OH is 1. The van der Waals surface area contributed by atoms with Gasteiger partial charge in [-0.1, -0.05) is 25.7 Å². The highest BCUT2D eigenvalue weighted by atomic mass is 16.3. The monoisotopic (exact) mass is 278 g/mol. The summed E-state index contributed by atoms with van der Waals surface area (Å²) in [7, 11) is 0. The van der Waals surface area contributed by atoms with Crippen molar-refractivity contribution in [3.63, 3.8) is 0 Å². The van der Waals surface area contributed by atoms with Gasteiger partial charge in [0.25, 0.3) is 5.91 Å². The molecule has 1 amide bonds. The molecule has 1 atom stereocenters. The summed E-state index contributed by atoms with van der Waals surface area (Å²) >= 11 is 0. The summed E-state index contributed by atoms with van der Waals surface area (Å²) in [6.45, 7) is 5.53. The van der Waals surface area contributed by atoms with Crippen molar-refractivity contribution >= 4 is 5.91 Å². The molecule has 1 fully saturated rings. The van der Waals surface area contributed by atoms with Gasteiger partial charge in [0.2, 0.25) is 0 Å². The number of aliphatic hydroxyl groups is 1. The largest absolute Gasteiger partial charge is 0.389 e. The Labute approximate surface area is 121 Å². The molecular weight excluding hydrogens is 252 g/mol. The van der Waals surface area contributed by atoms with E-state index in [9.17, 15) is 9.90 Å². The molecule has 1 aromatic heterocycles. The van der Waals surface area contributed by atoms with Gasteiger partial charge >= 0.3 is 0 Å². The van der Waals surface area contributed by atoms with Gasteiger partial charge in [0.15, 0.2) is 0 Å². The number of rotatable bonds is 3. The Balaban J connectivity index is 2.11. The highest BCUT2D eigenvalue weighted by molar-refractivity contribution is 5.94. The van der Waals surface area contributed by atoms with Gasteiger partial charge in [-0.15, -0.1) is 0 Å². The van der Waals surface area contributed by atoms with Gasteiger partial charge in [-0.3, -0.25) is 4.79 Å². The van der Waals surface area contributed by atoms with Crippen LogP contribution in [0.1, 0.15) is 78.9 Å². The third kappa shape index (κ3) is 3.23. The smallest absolute Gasteiger partial charge is 0.268 e. The molecule has 0 radical (unpaired) electrons. The maximum atomic E-state index is 12.4. The highest BCUT2D eigenvalue weighted by Crippen LogP contribution is 2.25. The quantitative estimate of drug-likeness (QED) is 0.744.